The molecular formula is C15H18BrFN2O2. The number of hydrogen-bond acceptors (Lipinski definition) is 2. The molecule has 1 heterocycles. The van der Waals surface area contributed by atoms with Crippen LogP contribution in [0.1, 0.15) is 27.2 Å². The number of carbonyl (C=O) groups excluding carboxylic acids is 2. The smallest absolute Gasteiger partial charge is 0.250 e. The molecule has 1 unspecified atom stereocenters. The average Bonchev–Trinajstić information content (AvgIpc) is 2.52. The molecule has 1 aromatic carbocycles. The summed E-state index contributed by atoms with van der Waals surface area (Å²) < 4.78 is 14.0. The first kappa shape index (κ1) is 15.9. The van der Waals surface area contributed by atoms with Crippen LogP contribution in [-0.2, 0) is 9.59 Å². The van der Waals surface area contributed by atoms with Crippen LogP contribution in [0, 0.1) is 11.2 Å². The van der Waals surface area contributed by atoms with Crippen LogP contribution in [0.3, 0.4) is 0 Å². The average molecular weight is 357 g/mol. The monoisotopic (exact) mass is 356 g/mol. The summed E-state index contributed by atoms with van der Waals surface area (Å²) in [5, 5.41) is 2.76. The molecule has 6 heteroatoms. The molecular weight excluding hydrogens is 339 g/mol. The highest BCUT2D eigenvalue weighted by atomic mass is 79.9. The number of hydrogen-bond donors (Lipinski definition) is 1. The molecule has 1 N–H and O–H groups in total. The van der Waals surface area contributed by atoms with Crippen molar-refractivity contribution in [2.24, 2.45) is 5.41 Å². The maximum atomic E-state index is 13.7. The van der Waals surface area contributed by atoms with Gasteiger partial charge in [-0.15, -0.1) is 0 Å². The second-order valence-corrected chi connectivity index (χ2v) is 7.06. The normalized spacial score (nSPS) is 20.2. The molecule has 1 fully saturated rings. The molecule has 1 aliphatic rings. The van der Waals surface area contributed by atoms with Crippen LogP contribution in [0.5, 0.6) is 0 Å². The Kier molecular flexibility index (Phi) is 4.37. The fourth-order valence-corrected chi connectivity index (χ4v) is 2.52. The van der Waals surface area contributed by atoms with Gasteiger partial charge in [-0.05, 0) is 39.5 Å². The highest BCUT2D eigenvalue weighted by Gasteiger charge is 2.38. The molecule has 2 rings (SSSR count). The summed E-state index contributed by atoms with van der Waals surface area (Å²) in [7, 11) is 0. The highest BCUT2D eigenvalue weighted by molar-refractivity contribution is 9.10. The van der Waals surface area contributed by atoms with Crippen molar-refractivity contribution in [2.45, 2.75) is 33.2 Å². The van der Waals surface area contributed by atoms with E-state index in [4.69, 9.17) is 0 Å². The molecule has 1 aliphatic heterocycles. The molecule has 1 atom stereocenters. The Labute approximate surface area is 131 Å². The summed E-state index contributed by atoms with van der Waals surface area (Å²) in [4.78, 5) is 26.0. The molecule has 2 amide bonds. The quantitative estimate of drug-likeness (QED) is 0.840. The Morgan fingerprint density at radius 3 is 2.57 bits per heavy atom. The maximum absolute atomic E-state index is 13.7. The number of amides is 2. The zero-order valence-electron chi connectivity index (χ0n) is 12.2. The maximum Gasteiger partial charge on any atom is 0.250 e. The van der Waals surface area contributed by atoms with Crippen LogP contribution in [0.15, 0.2) is 22.7 Å². The van der Waals surface area contributed by atoms with E-state index in [0.717, 1.165) is 0 Å². The van der Waals surface area contributed by atoms with Crippen LogP contribution < -0.4 is 10.2 Å². The molecule has 1 aromatic rings. The van der Waals surface area contributed by atoms with E-state index in [9.17, 15) is 14.0 Å². The first-order chi connectivity index (χ1) is 9.70. The third kappa shape index (κ3) is 3.43. The van der Waals surface area contributed by atoms with E-state index in [1.807, 2.05) is 20.8 Å². The van der Waals surface area contributed by atoms with Crippen LogP contribution >= 0.6 is 15.9 Å². The Hall–Kier alpha value is -1.43. The minimum Gasteiger partial charge on any atom is -0.344 e. The van der Waals surface area contributed by atoms with Crippen LogP contribution in [0.4, 0.5) is 10.1 Å². The van der Waals surface area contributed by atoms with Crippen molar-refractivity contribution in [3.05, 3.63) is 28.5 Å². The summed E-state index contributed by atoms with van der Waals surface area (Å²) >= 11 is 3.09. The highest BCUT2D eigenvalue weighted by Crippen LogP contribution is 2.28. The summed E-state index contributed by atoms with van der Waals surface area (Å²) in [6.07, 6.45) is 0.204. The zero-order valence-corrected chi connectivity index (χ0v) is 13.8. The Balaban J connectivity index is 2.39. The minimum atomic E-state index is -0.626. The number of nitrogens with one attached hydrogen (secondary N) is 1. The van der Waals surface area contributed by atoms with Gasteiger partial charge in [0.1, 0.15) is 11.9 Å². The van der Waals surface area contributed by atoms with Crippen molar-refractivity contribution in [3.8, 4) is 0 Å². The van der Waals surface area contributed by atoms with E-state index in [2.05, 4.69) is 21.2 Å². The molecule has 0 spiro atoms. The summed E-state index contributed by atoms with van der Waals surface area (Å²) in [6.45, 7) is 5.92. The zero-order chi connectivity index (χ0) is 15.8. The Morgan fingerprint density at radius 2 is 2.00 bits per heavy atom. The molecule has 4 nitrogen and oxygen atoms in total. The van der Waals surface area contributed by atoms with Gasteiger partial charge in [-0.2, -0.15) is 0 Å². The fourth-order valence-electron chi connectivity index (χ4n) is 2.27. The molecule has 21 heavy (non-hydrogen) atoms. The van der Waals surface area contributed by atoms with Crippen molar-refractivity contribution in [3.63, 3.8) is 0 Å². The third-order valence-corrected chi connectivity index (χ3v) is 4.10. The molecule has 0 aliphatic carbocycles. The van der Waals surface area contributed by atoms with Crippen molar-refractivity contribution in [2.75, 3.05) is 11.4 Å². The molecule has 0 bridgehead atoms. The van der Waals surface area contributed by atoms with Gasteiger partial charge in [0.2, 0.25) is 11.8 Å². The van der Waals surface area contributed by atoms with Crippen LogP contribution in [-0.4, -0.2) is 24.4 Å². The number of nitrogens with zero attached hydrogens (tertiary/aromatic N) is 1. The van der Waals surface area contributed by atoms with Gasteiger partial charge < -0.3 is 10.2 Å². The predicted molar refractivity (Wildman–Crippen MR) is 82.5 cm³/mol. The van der Waals surface area contributed by atoms with E-state index < -0.39 is 17.3 Å². The van der Waals surface area contributed by atoms with Gasteiger partial charge in [-0.1, -0.05) is 20.8 Å². The van der Waals surface area contributed by atoms with Gasteiger partial charge in [0.05, 0.1) is 4.47 Å². The molecule has 1 saturated heterocycles. The fraction of sp³-hybridized carbons (Fsp3) is 0.467. The lowest BCUT2D eigenvalue weighted by molar-refractivity contribution is -0.127. The van der Waals surface area contributed by atoms with Gasteiger partial charge in [-0.3, -0.25) is 9.59 Å². The lowest BCUT2D eigenvalue weighted by Crippen LogP contribution is -2.52. The number of halogens is 2. The van der Waals surface area contributed by atoms with E-state index in [0.29, 0.717) is 10.2 Å². The summed E-state index contributed by atoms with van der Waals surface area (Å²) in [5.74, 6) is -0.811. The lowest BCUT2D eigenvalue weighted by atomic mass is 9.86. The lowest BCUT2D eigenvalue weighted by Gasteiger charge is -2.32. The number of carbonyl (C=O) groups is 2. The number of benzene rings is 1. The number of rotatable bonds is 1. The first-order valence-electron chi connectivity index (χ1n) is 6.76. The largest absolute Gasteiger partial charge is 0.344 e. The second-order valence-electron chi connectivity index (χ2n) is 6.20. The Bertz CT molecular complexity index is 584. The first-order valence-corrected chi connectivity index (χ1v) is 7.55. The summed E-state index contributed by atoms with van der Waals surface area (Å²) in [6, 6.07) is 3.90. The van der Waals surface area contributed by atoms with Crippen LogP contribution in [0.25, 0.3) is 0 Å². The van der Waals surface area contributed by atoms with E-state index >= 15 is 0 Å². The molecule has 0 aromatic heterocycles. The topological polar surface area (TPSA) is 49.4 Å². The van der Waals surface area contributed by atoms with Gasteiger partial charge in [0, 0.05) is 18.7 Å². The van der Waals surface area contributed by atoms with E-state index in [1.165, 1.54) is 11.0 Å². The minimum absolute atomic E-state index is 0.164. The van der Waals surface area contributed by atoms with Crippen molar-refractivity contribution in [1.29, 1.82) is 0 Å². The number of anilines is 1. The van der Waals surface area contributed by atoms with Crippen molar-refractivity contribution >= 4 is 33.4 Å². The van der Waals surface area contributed by atoms with Crippen molar-refractivity contribution in [1.82, 2.24) is 5.32 Å². The van der Waals surface area contributed by atoms with Crippen LogP contribution in [0.2, 0.25) is 0 Å². The van der Waals surface area contributed by atoms with Gasteiger partial charge >= 0.3 is 0 Å². The Morgan fingerprint density at radius 1 is 1.33 bits per heavy atom. The van der Waals surface area contributed by atoms with Gasteiger partial charge in [0.25, 0.3) is 0 Å². The molecule has 0 saturated carbocycles. The predicted octanol–water partition coefficient (Wildman–Crippen LogP) is 2.86. The van der Waals surface area contributed by atoms with Crippen molar-refractivity contribution < 1.29 is 14.0 Å². The molecule has 114 valence electrons. The standard InChI is InChI=1S/C15H18BrFN2O2/c1-15(2,3)13-14(21)19(7-6-12(20)18-13)9-4-5-10(16)11(17)8-9/h4-5,8,13H,6-7H2,1-3H3,(H,18,20). The second kappa shape index (κ2) is 5.75. The van der Waals surface area contributed by atoms with E-state index in [1.54, 1.807) is 12.1 Å². The van der Waals surface area contributed by atoms with Gasteiger partial charge in [0.15, 0.2) is 0 Å². The van der Waals surface area contributed by atoms with E-state index in [-0.39, 0.29) is 24.8 Å². The SMILES string of the molecule is CC(C)(C)C1NC(=O)CCN(c2ccc(Br)c(F)c2)C1=O. The summed E-state index contributed by atoms with van der Waals surface area (Å²) in [5.41, 5.74) is 0.0509. The third-order valence-electron chi connectivity index (χ3n) is 3.46. The van der Waals surface area contributed by atoms with Gasteiger partial charge in [-0.25, -0.2) is 4.39 Å². The molecule has 0 radical (unpaired) electrons.